The minimum atomic E-state index is 0.664. The van der Waals surface area contributed by atoms with Gasteiger partial charge in [-0.2, -0.15) is 0 Å². The maximum atomic E-state index is 5.96. The largest absolute Gasteiger partial charge is 0.455 e. The standard InChI is InChI=1S/C22H24N6O2S/c1-14-10-16(5-7-18(14)30-17-6-4-15(2)24-11-17)27-21-20-22(26-13-25-21)31-19(28-20)12-23-8-9-29-3/h4-7,10-11,13,23H,8-9,12H2,1-3H3,(H,25,26,27). The molecular formula is C22H24N6O2S. The van der Waals surface area contributed by atoms with Crippen molar-refractivity contribution in [1.29, 1.82) is 0 Å². The first-order valence-electron chi connectivity index (χ1n) is 9.90. The zero-order valence-electron chi connectivity index (χ0n) is 17.7. The quantitative estimate of drug-likeness (QED) is 0.374. The average molecular weight is 437 g/mol. The van der Waals surface area contributed by atoms with Gasteiger partial charge >= 0.3 is 0 Å². The van der Waals surface area contributed by atoms with Gasteiger partial charge in [0.1, 0.15) is 33.2 Å². The highest BCUT2D eigenvalue weighted by atomic mass is 32.1. The Labute approximate surface area is 184 Å². The Hall–Kier alpha value is -3.14. The number of rotatable bonds is 9. The van der Waals surface area contributed by atoms with Crippen LogP contribution in [0.4, 0.5) is 11.5 Å². The van der Waals surface area contributed by atoms with Crippen molar-refractivity contribution in [3.05, 3.63) is 59.1 Å². The number of nitrogens with one attached hydrogen (secondary N) is 2. The molecule has 31 heavy (non-hydrogen) atoms. The summed E-state index contributed by atoms with van der Waals surface area (Å²) in [6, 6.07) is 9.75. The number of anilines is 2. The Balaban J connectivity index is 1.48. The summed E-state index contributed by atoms with van der Waals surface area (Å²) in [4.78, 5) is 18.6. The van der Waals surface area contributed by atoms with Crippen LogP contribution in [-0.4, -0.2) is 40.2 Å². The van der Waals surface area contributed by atoms with Gasteiger partial charge in [0.05, 0.1) is 12.8 Å². The van der Waals surface area contributed by atoms with E-state index >= 15 is 0 Å². The summed E-state index contributed by atoms with van der Waals surface area (Å²) in [6.07, 6.45) is 3.28. The molecule has 9 heteroatoms. The third kappa shape index (κ3) is 5.32. The van der Waals surface area contributed by atoms with Crippen LogP contribution in [0.15, 0.2) is 42.9 Å². The summed E-state index contributed by atoms with van der Waals surface area (Å²) in [5.41, 5.74) is 3.62. The normalized spacial score (nSPS) is 11.1. The van der Waals surface area contributed by atoms with Crippen LogP contribution >= 0.6 is 11.3 Å². The molecule has 0 saturated carbocycles. The lowest BCUT2D eigenvalue weighted by Crippen LogP contribution is -2.18. The molecule has 0 saturated heterocycles. The summed E-state index contributed by atoms with van der Waals surface area (Å²) in [6.45, 7) is 6.06. The van der Waals surface area contributed by atoms with Gasteiger partial charge in [0.2, 0.25) is 0 Å². The van der Waals surface area contributed by atoms with Crippen molar-refractivity contribution in [2.45, 2.75) is 20.4 Å². The maximum Gasteiger partial charge on any atom is 0.161 e. The molecule has 160 valence electrons. The lowest BCUT2D eigenvalue weighted by Gasteiger charge is -2.11. The topological polar surface area (TPSA) is 94.1 Å². The van der Waals surface area contributed by atoms with Crippen molar-refractivity contribution < 1.29 is 9.47 Å². The van der Waals surface area contributed by atoms with Crippen LogP contribution in [0.3, 0.4) is 0 Å². The number of hydrogen-bond donors (Lipinski definition) is 2. The molecule has 0 bridgehead atoms. The Morgan fingerprint density at radius 1 is 1.06 bits per heavy atom. The van der Waals surface area contributed by atoms with Crippen molar-refractivity contribution in [3.63, 3.8) is 0 Å². The number of thiazole rings is 1. The molecule has 8 nitrogen and oxygen atoms in total. The molecule has 0 aliphatic rings. The number of benzene rings is 1. The Morgan fingerprint density at radius 2 is 1.97 bits per heavy atom. The van der Waals surface area contributed by atoms with E-state index in [1.54, 1.807) is 31.0 Å². The number of ether oxygens (including phenoxy) is 2. The van der Waals surface area contributed by atoms with E-state index in [2.05, 4.69) is 25.6 Å². The number of hydrogen-bond acceptors (Lipinski definition) is 9. The van der Waals surface area contributed by atoms with E-state index in [-0.39, 0.29) is 0 Å². The molecular weight excluding hydrogens is 412 g/mol. The first-order valence-corrected chi connectivity index (χ1v) is 10.7. The van der Waals surface area contributed by atoms with Crippen molar-refractivity contribution in [1.82, 2.24) is 25.3 Å². The Morgan fingerprint density at radius 3 is 2.74 bits per heavy atom. The van der Waals surface area contributed by atoms with Gasteiger partial charge < -0.3 is 20.1 Å². The van der Waals surface area contributed by atoms with Crippen LogP contribution in [0.1, 0.15) is 16.3 Å². The minimum Gasteiger partial charge on any atom is -0.455 e. The summed E-state index contributed by atoms with van der Waals surface area (Å²) >= 11 is 1.56. The molecule has 0 atom stereocenters. The molecule has 0 unspecified atom stereocenters. The third-order valence-electron chi connectivity index (χ3n) is 4.55. The smallest absolute Gasteiger partial charge is 0.161 e. The summed E-state index contributed by atoms with van der Waals surface area (Å²) in [7, 11) is 1.69. The van der Waals surface area contributed by atoms with Gasteiger partial charge in [0.25, 0.3) is 0 Å². The number of fused-ring (bicyclic) bond motifs is 1. The fourth-order valence-electron chi connectivity index (χ4n) is 2.95. The van der Waals surface area contributed by atoms with Crippen LogP contribution in [-0.2, 0) is 11.3 Å². The summed E-state index contributed by atoms with van der Waals surface area (Å²) in [5.74, 6) is 2.17. The molecule has 1 aromatic carbocycles. The number of nitrogens with zero attached hydrogens (tertiary/aromatic N) is 4. The lowest BCUT2D eigenvalue weighted by molar-refractivity contribution is 0.199. The van der Waals surface area contributed by atoms with Gasteiger partial charge in [-0.1, -0.05) is 11.3 Å². The van der Waals surface area contributed by atoms with Gasteiger partial charge in [-0.25, -0.2) is 15.0 Å². The number of aryl methyl sites for hydroxylation is 2. The maximum absolute atomic E-state index is 5.96. The average Bonchev–Trinajstić information content (AvgIpc) is 3.19. The molecule has 4 aromatic rings. The second-order valence-corrected chi connectivity index (χ2v) is 8.06. The first-order chi connectivity index (χ1) is 15.1. The van der Waals surface area contributed by atoms with E-state index in [0.717, 1.165) is 44.6 Å². The van der Waals surface area contributed by atoms with E-state index in [9.17, 15) is 0 Å². The summed E-state index contributed by atoms with van der Waals surface area (Å²) < 4.78 is 11.0. The van der Waals surface area contributed by atoms with Crippen LogP contribution in [0.2, 0.25) is 0 Å². The molecule has 0 fully saturated rings. The van der Waals surface area contributed by atoms with Gasteiger partial charge in [-0.05, 0) is 49.7 Å². The lowest BCUT2D eigenvalue weighted by atomic mass is 10.2. The van der Waals surface area contributed by atoms with Crippen molar-refractivity contribution in [2.24, 2.45) is 0 Å². The number of pyridine rings is 1. The van der Waals surface area contributed by atoms with E-state index < -0.39 is 0 Å². The zero-order valence-corrected chi connectivity index (χ0v) is 18.5. The van der Waals surface area contributed by atoms with Crippen LogP contribution < -0.4 is 15.4 Å². The van der Waals surface area contributed by atoms with Gasteiger partial charge in [0, 0.05) is 31.6 Å². The highest BCUT2D eigenvalue weighted by Gasteiger charge is 2.12. The van der Waals surface area contributed by atoms with Crippen LogP contribution in [0.5, 0.6) is 11.5 Å². The highest BCUT2D eigenvalue weighted by Crippen LogP contribution is 2.30. The second-order valence-electron chi connectivity index (χ2n) is 7.00. The number of methoxy groups -OCH3 is 1. The van der Waals surface area contributed by atoms with E-state index in [4.69, 9.17) is 14.5 Å². The fourth-order valence-corrected chi connectivity index (χ4v) is 3.83. The van der Waals surface area contributed by atoms with Crippen molar-refractivity contribution in [2.75, 3.05) is 25.6 Å². The second kappa shape index (κ2) is 9.78. The molecule has 3 heterocycles. The molecule has 0 aliphatic heterocycles. The van der Waals surface area contributed by atoms with Crippen molar-refractivity contribution in [3.8, 4) is 11.5 Å². The number of aromatic nitrogens is 4. The molecule has 0 amide bonds. The SMILES string of the molecule is COCCNCc1nc2c(Nc3ccc(Oc4ccc(C)nc4)c(C)c3)ncnc2s1. The zero-order chi connectivity index (χ0) is 21.6. The molecule has 0 spiro atoms. The third-order valence-corrected chi connectivity index (χ3v) is 5.51. The van der Waals surface area contributed by atoms with Crippen LogP contribution in [0, 0.1) is 13.8 Å². The van der Waals surface area contributed by atoms with Gasteiger partial charge in [-0.15, -0.1) is 0 Å². The van der Waals surface area contributed by atoms with Gasteiger partial charge in [0.15, 0.2) is 5.82 Å². The predicted molar refractivity (Wildman–Crippen MR) is 122 cm³/mol. The van der Waals surface area contributed by atoms with Gasteiger partial charge in [-0.3, -0.25) is 4.98 Å². The highest BCUT2D eigenvalue weighted by molar-refractivity contribution is 7.18. The molecule has 0 aliphatic carbocycles. The van der Waals surface area contributed by atoms with E-state index in [0.29, 0.717) is 24.7 Å². The van der Waals surface area contributed by atoms with Crippen LogP contribution in [0.25, 0.3) is 10.3 Å². The molecule has 3 aromatic heterocycles. The van der Waals surface area contributed by atoms with E-state index in [1.807, 2.05) is 44.2 Å². The fraction of sp³-hybridized carbons (Fsp3) is 0.273. The minimum absolute atomic E-state index is 0.664. The van der Waals surface area contributed by atoms with E-state index in [1.165, 1.54) is 0 Å². The predicted octanol–water partition coefficient (Wildman–Crippen LogP) is 4.37. The summed E-state index contributed by atoms with van der Waals surface area (Å²) in [5, 5.41) is 7.63. The first kappa shape index (κ1) is 21.1. The monoisotopic (exact) mass is 436 g/mol. The Bertz CT molecular complexity index is 1160. The van der Waals surface area contributed by atoms with Crippen molar-refractivity contribution >= 4 is 33.2 Å². The molecule has 0 radical (unpaired) electrons. The molecule has 2 N–H and O–H groups in total. The Kier molecular flexibility index (Phi) is 6.66. The molecule has 4 rings (SSSR count).